The van der Waals surface area contributed by atoms with E-state index in [0.29, 0.717) is 16.8 Å². The van der Waals surface area contributed by atoms with Gasteiger partial charge in [0.1, 0.15) is 11.0 Å². The Morgan fingerprint density at radius 1 is 1.20 bits per heavy atom. The lowest BCUT2D eigenvalue weighted by Crippen LogP contribution is -2.01. The third-order valence-corrected chi connectivity index (χ3v) is 6.21. The number of aromatic nitrogens is 2. The lowest BCUT2D eigenvalue weighted by Gasteiger charge is -2.08. The zero-order valence-electron chi connectivity index (χ0n) is 10.4. The molecule has 0 amide bonds. The lowest BCUT2D eigenvalue weighted by molar-refractivity contribution is 0.918. The van der Waals surface area contributed by atoms with Crippen LogP contribution in [0.1, 0.15) is 30.3 Å². The summed E-state index contributed by atoms with van der Waals surface area (Å²) in [4.78, 5) is 10.1. The van der Waals surface area contributed by atoms with E-state index >= 15 is 0 Å². The molecule has 0 aliphatic heterocycles. The Balaban J connectivity index is 1.79. The number of hydrogen-bond donors (Lipinski definition) is 0. The van der Waals surface area contributed by atoms with Gasteiger partial charge in [0, 0.05) is 10.8 Å². The van der Waals surface area contributed by atoms with Crippen LogP contribution in [0.4, 0.5) is 0 Å². The molecule has 0 unspecified atom stereocenters. The van der Waals surface area contributed by atoms with Gasteiger partial charge in [0.25, 0.3) is 0 Å². The molecular formula is C14H11Cl2IN2S. The van der Waals surface area contributed by atoms with Gasteiger partial charge < -0.3 is 0 Å². The van der Waals surface area contributed by atoms with E-state index in [4.69, 9.17) is 23.2 Å². The summed E-state index contributed by atoms with van der Waals surface area (Å²) in [6, 6.07) is 7.80. The van der Waals surface area contributed by atoms with E-state index in [0.717, 1.165) is 25.0 Å². The highest BCUT2D eigenvalue weighted by molar-refractivity contribution is 14.1. The van der Waals surface area contributed by atoms with Crippen LogP contribution >= 0.6 is 57.6 Å². The van der Waals surface area contributed by atoms with Crippen molar-refractivity contribution in [2.24, 2.45) is 0 Å². The molecule has 0 bridgehead atoms. The normalized spacial score (nSPS) is 14.6. The highest BCUT2D eigenvalue weighted by atomic mass is 127. The second-order valence-corrected chi connectivity index (χ2v) is 7.48. The molecular weight excluding hydrogens is 426 g/mol. The number of halogens is 3. The molecule has 2 nitrogen and oxygen atoms in total. The van der Waals surface area contributed by atoms with E-state index in [1.165, 1.54) is 12.8 Å². The quantitative estimate of drug-likeness (QED) is 0.356. The molecule has 104 valence electrons. The minimum absolute atomic E-state index is 0.567. The van der Waals surface area contributed by atoms with Crippen molar-refractivity contribution >= 4 is 57.6 Å². The zero-order chi connectivity index (χ0) is 14.1. The maximum absolute atomic E-state index is 6.21. The van der Waals surface area contributed by atoms with Crippen molar-refractivity contribution in [2.45, 2.75) is 29.4 Å². The first kappa shape index (κ1) is 14.9. The van der Waals surface area contributed by atoms with Crippen LogP contribution in [0.2, 0.25) is 10.2 Å². The number of nitrogens with zero attached hydrogens (tertiary/aromatic N) is 2. The van der Waals surface area contributed by atoms with Gasteiger partial charge in [0.15, 0.2) is 0 Å². The molecule has 1 aromatic carbocycles. The molecule has 3 rings (SSSR count). The second kappa shape index (κ2) is 6.38. The molecule has 0 radical (unpaired) electrons. The van der Waals surface area contributed by atoms with Gasteiger partial charge in [0.2, 0.25) is 0 Å². The van der Waals surface area contributed by atoms with E-state index < -0.39 is 0 Å². The van der Waals surface area contributed by atoms with Gasteiger partial charge >= 0.3 is 0 Å². The van der Waals surface area contributed by atoms with Gasteiger partial charge in [-0.3, -0.25) is 0 Å². The molecule has 0 saturated heterocycles. The van der Waals surface area contributed by atoms with E-state index in [2.05, 4.69) is 32.6 Å². The first-order valence-electron chi connectivity index (χ1n) is 6.24. The minimum Gasteiger partial charge on any atom is -0.236 e. The average molecular weight is 437 g/mol. The van der Waals surface area contributed by atoms with Gasteiger partial charge in [-0.15, -0.1) is 11.8 Å². The third kappa shape index (κ3) is 3.40. The van der Waals surface area contributed by atoms with Gasteiger partial charge in [-0.25, -0.2) is 9.97 Å². The highest BCUT2D eigenvalue weighted by Gasteiger charge is 2.29. The van der Waals surface area contributed by atoms with Crippen molar-refractivity contribution in [1.29, 1.82) is 0 Å². The van der Waals surface area contributed by atoms with E-state index in [1.54, 1.807) is 11.8 Å². The van der Waals surface area contributed by atoms with Gasteiger partial charge in [0.05, 0.1) is 20.0 Å². The fraction of sp³-hybridized carbons (Fsp3) is 0.286. The van der Waals surface area contributed by atoms with Crippen LogP contribution in [-0.2, 0) is 5.75 Å². The summed E-state index contributed by atoms with van der Waals surface area (Å²) in [5, 5.41) is 1.33. The Bertz CT molecular complexity index is 647. The lowest BCUT2D eigenvalue weighted by atomic mass is 10.3. The summed E-state index contributed by atoms with van der Waals surface area (Å²) < 4.78 is 0.998. The van der Waals surface area contributed by atoms with Gasteiger partial charge in [-0.1, -0.05) is 35.3 Å². The monoisotopic (exact) mass is 436 g/mol. The maximum atomic E-state index is 6.21. The van der Waals surface area contributed by atoms with Crippen LogP contribution < -0.4 is 0 Å². The topological polar surface area (TPSA) is 25.8 Å². The Morgan fingerprint density at radius 2 is 1.95 bits per heavy atom. The average Bonchev–Trinajstić information content (AvgIpc) is 3.26. The van der Waals surface area contributed by atoms with Crippen LogP contribution in [0.5, 0.6) is 0 Å². The van der Waals surface area contributed by atoms with Crippen LogP contribution in [0.3, 0.4) is 0 Å². The van der Waals surface area contributed by atoms with E-state index in [-0.39, 0.29) is 0 Å². The Hall–Kier alpha value is -0.0400. The molecule has 0 spiro atoms. The van der Waals surface area contributed by atoms with Crippen LogP contribution in [0.15, 0.2) is 29.2 Å². The summed E-state index contributed by atoms with van der Waals surface area (Å²) >= 11 is 16.2. The van der Waals surface area contributed by atoms with Crippen LogP contribution in [0, 0.1) is 3.57 Å². The Labute approximate surface area is 145 Å². The van der Waals surface area contributed by atoms with Crippen molar-refractivity contribution in [1.82, 2.24) is 9.97 Å². The fourth-order valence-corrected chi connectivity index (χ4v) is 3.85. The summed E-state index contributed by atoms with van der Waals surface area (Å²) in [7, 11) is 0. The van der Waals surface area contributed by atoms with E-state index in [9.17, 15) is 0 Å². The second-order valence-electron chi connectivity index (χ2n) is 4.62. The maximum Gasteiger partial charge on any atom is 0.146 e. The zero-order valence-corrected chi connectivity index (χ0v) is 14.9. The van der Waals surface area contributed by atoms with Crippen molar-refractivity contribution in [3.05, 3.63) is 49.5 Å². The molecule has 1 saturated carbocycles. The Morgan fingerprint density at radius 3 is 2.65 bits per heavy atom. The highest BCUT2D eigenvalue weighted by Crippen LogP contribution is 2.42. The number of rotatable bonds is 4. The van der Waals surface area contributed by atoms with Crippen molar-refractivity contribution in [3.63, 3.8) is 0 Å². The van der Waals surface area contributed by atoms with Crippen molar-refractivity contribution < 1.29 is 0 Å². The molecule has 1 aliphatic carbocycles. The molecule has 20 heavy (non-hydrogen) atoms. The predicted octanol–water partition coefficient (Wildman–Crippen LogP) is 5.56. The molecule has 0 N–H and O–H groups in total. The Kier molecular flexibility index (Phi) is 4.75. The van der Waals surface area contributed by atoms with Gasteiger partial charge in [-0.2, -0.15) is 0 Å². The number of hydrogen-bond acceptors (Lipinski definition) is 3. The minimum atomic E-state index is 0.567. The number of thioether (sulfide) groups is 1. The van der Waals surface area contributed by atoms with Crippen molar-refractivity contribution in [3.8, 4) is 0 Å². The molecule has 6 heteroatoms. The first-order chi connectivity index (χ1) is 9.65. The summed E-state index contributed by atoms with van der Waals surface area (Å²) in [5.74, 6) is 2.04. The van der Waals surface area contributed by atoms with Crippen LogP contribution in [0.25, 0.3) is 0 Å². The summed E-state index contributed by atoms with van der Waals surface area (Å²) in [6.07, 6.45) is 2.42. The summed E-state index contributed by atoms with van der Waals surface area (Å²) in [6.45, 7) is 0. The van der Waals surface area contributed by atoms with Crippen molar-refractivity contribution in [2.75, 3.05) is 0 Å². The first-order valence-corrected chi connectivity index (χ1v) is 9.06. The van der Waals surface area contributed by atoms with Crippen LogP contribution in [-0.4, -0.2) is 9.97 Å². The smallest absolute Gasteiger partial charge is 0.146 e. The molecule has 1 heterocycles. The largest absolute Gasteiger partial charge is 0.236 e. The molecule has 2 aromatic rings. The van der Waals surface area contributed by atoms with Gasteiger partial charge in [-0.05, 0) is 47.6 Å². The molecule has 0 atom stereocenters. The molecule has 1 aliphatic rings. The predicted molar refractivity (Wildman–Crippen MR) is 92.7 cm³/mol. The SMILES string of the molecule is Clc1ccccc1SCc1nc(Cl)c(I)c(C2CC2)n1. The standard InChI is InChI=1S/C14H11Cl2IN2S/c15-9-3-1-2-4-10(9)20-7-11-18-13(8-5-6-8)12(17)14(16)19-11/h1-4,8H,5-7H2. The summed E-state index contributed by atoms with van der Waals surface area (Å²) in [5.41, 5.74) is 1.11. The van der Waals surface area contributed by atoms with E-state index in [1.807, 2.05) is 24.3 Å². The molecule has 1 aromatic heterocycles. The third-order valence-electron chi connectivity index (χ3n) is 3.04. The molecule has 1 fully saturated rings. The number of benzene rings is 1. The fourth-order valence-electron chi connectivity index (χ4n) is 1.88.